The third kappa shape index (κ3) is 5.75. The van der Waals surface area contributed by atoms with Crippen LogP contribution in [-0.2, 0) is 6.54 Å². The summed E-state index contributed by atoms with van der Waals surface area (Å²) in [5.74, 6) is 0.231. The lowest BCUT2D eigenvalue weighted by molar-refractivity contribution is 0.136. The summed E-state index contributed by atoms with van der Waals surface area (Å²) in [5, 5.41) is 22.7. The van der Waals surface area contributed by atoms with Crippen LogP contribution in [0.15, 0.2) is 6.20 Å². The average Bonchev–Trinajstić information content (AvgIpc) is 2.73. The number of aromatic nitrogens is 2. The zero-order valence-electron chi connectivity index (χ0n) is 11.7. The van der Waals surface area contributed by atoms with Gasteiger partial charge in [0.25, 0.3) is 0 Å². The van der Waals surface area contributed by atoms with Crippen molar-refractivity contribution in [2.24, 2.45) is 0 Å². The molecule has 5 nitrogen and oxygen atoms in total. The van der Waals surface area contributed by atoms with Gasteiger partial charge in [-0.05, 0) is 6.42 Å². The minimum Gasteiger partial charge on any atom is -0.391 e. The minimum absolute atomic E-state index is 0.231. The smallest absolute Gasteiger partial charge is 0.163 e. The van der Waals surface area contributed by atoms with E-state index in [1.807, 2.05) is 6.07 Å². The summed E-state index contributed by atoms with van der Waals surface area (Å²) in [6.45, 7) is 2.61. The van der Waals surface area contributed by atoms with Crippen molar-refractivity contribution >= 4 is 5.82 Å². The van der Waals surface area contributed by atoms with Crippen LogP contribution in [0.2, 0.25) is 0 Å². The van der Waals surface area contributed by atoms with Crippen molar-refractivity contribution < 1.29 is 5.11 Å². The Bertz CT molecular complexity index is 408. The van der Waals surface area contributed by atoms with E-state index >= 15 is 0 Å². The van der Waals surface area contributed by atoms with Gasteiger partial charge in [-0.25, -0.2) is 0 Å². The van der Waals surface area contributed by atoms with Gasteiger partial charge in [0.15, 0.2) is 5.82 Å². The van der Waals surface area contributed by atoms with Crippen molar-refractivity contribution in [3.05, 3.63) is 11.8 Å². The van der Waals surface area contributed by atoms with Gasteiger partial charge >= 0.3 is 0 Å². The Morgan fingerprint density at radius 3 is 2.68 bits per heavy atom. The van der Waals surface area contributed by atoms with E-state index in [9.17, 15) is 5.11 Å². The number of rotatable bonds is 9. The highest BCUT2D eigenvalue weighted by molar-refractivity contribution is 5.46. The van der Waals surface area contributed by atoms with Gasteiger partial charge in [-0.1, -0.05) is 45.4 Å². The predicted octanol–water partition coefficient (Wildman–Crippen LogP) is 2.45. The number of aliphatic hydroxyl groups is 1. The van der Waals surface area contributed by atoms with Gasteiger partial charge in [-0.3, -0.25) is 4.68 Å². The summed E-state index contributed by atoms with van der Waals surface area (Å²) in [6, 6.07) is 1.97. The molecule has 0 unspecified atom stereocenters. The fourth-order valence-corrected chi connectivity index (χ4v) is 2.08. The number of unbranched alkanes of at least 4 members (excludes halogenated alkanes) is 5. The largest absolute Gasteiger partial charge is 0.391 e. The number of aliphatic hydroxyl groups excluding tert-OH is 1. The van der Waals surface area contributed by atoms with Gasteiger partial charge in [0.1, 0.15) is 11.6 Å². The van der Waals surface area contributed by atoms with E-state index in [4.69, 9.17) is 11.0 Å². The highest BCUT2D eigenvalue weighted by Crippen LogP contribution is 2.11. The van der Waals surface area contributed by atoms with E-state index in [1.54, 1.807) is 10.9 Å². The first-order valence-electron chi connectivity index (χ1n) is 7.08. The van der Waals surface area contributed by atoms with Gasteiger partial charge in [-0.2, -0.15) is 10.4 Å². The Balaban J connectivity index is 2.20. The zero-order valence-corrected chi connectivity index (χ0v) is 11.7. The molecule has 0 saturated heterocycles. The Hall–Kier alpha value is -1.54. The van der Waals surface area contributed by atoms with E-state index in [2.05, 4.69) is 12.0 Å². The normalized spacial score (nSPS) is 12.3. The highest BCUT2D eigenvalue weighted by Gasteiger charge is 2.09. The summed E-state index contributed by atoms with van der Waals surface area (Å²) in [5.41, 5.74) is 5.93. The molecule has 0 aromatic carbocycles. The first-order chi connectivity index (χ1) is 9.17. The predicted molar refractivity (Wildman–Crippen MR) is 75.4 cm³/mol. The molecule has 0 radical (unpaired) electrons. The fraction of sp³-hybridized carbons (Fsp3) is 0.714. The van der Waals surface area contributed by atoms with Crippen LogP contribution in [-0.4, -0.2) is 21.0 Å². The topological polar surface area (TPSA) is 87.9 Å². The van der Waals surface area contributed by atoms with Crippen molar-refractivity contribution in [1.29, 1.82) is 5.26 Å². The molecule has 1 rings (SSSR count). The van der Waals surface area contributed by atoms with Gasteiger partial charge in [0, 0.05) is 6.20 Å². The second kappa shape index (κ2) is 8.54. The van der Waals surface area contributed by atoms with Gasteiger partial charge in [0.2, 0.25) is 0 Å². The molecule has 0 aliphatic rings. The van der Waals surface area contributed by atoms with Crippen LogP contribution in [0, 0.1) is 11.3 Å². The number of anilines is 1. The molecule has 0 bridgehead atoms. The number of hydrogen-bond donors (Lipinski definition) is 2. The van der Waals surface area contributed by atoms with Crippen LogP contribution in [0.1, 0.15) is 57.4 Å². The molecule has 1 atom stereocenters. The zero-order chi connectivity index (χ0) is 14.1. The number of nitrogens with zero attached hydrogens (tertiary/aromatic N) is 3. The summed E-state index contributed by atoms with van der Waals surface area (Å²) < 4.78 is 1.55. The summed E-state index contributed by atoms with van der Waals surface area (Å²) >= 11 is 0. The van der Waals surface area contributed by atoms with Crippen LogP contribution >= 0.6 is 0 Å². The van der Waals surface area contributed by atoms with Crippen LogP contribution in [0.4, 0.5) is 5.82 Å². The molecular weight excluding hydrogens is 240 g/mol. The third-order valence-electron chi connectivity index (χ3n) is 3.20. The molecule has 0 spiro atoms. The molecule has 106 valence electrons. The van der Waals surface area contributed by atoms with Crippen LogP contribution in [0.25, 0.3) is 0 Å². The van der Waals surface area contributed by atoms with Crippen molar-refractivity contribution in [3.8, 4) is 6.07 Å². The molecule has 1 heterocycles. The van der Waals surface area contributed by atoms with Gasteiger partial charge in [-0.15, -0.1) is 0 Å². The van der Waals surface area contributed by atoms with E-state index in [1.165, 1.54) is 32.1 Å². The van der Waals surface area contributed by atoms with E-state index in [0.29, 0.717) is 12.1 Å². The quantitative estimate of drug-likeness (QED) is 0.670. The number of nitriles is 1. The molecular formula is C14H24N4O. The third-order valence-corrected chi connectivity index (χ3v) is 3.20. The Kier molecular flexibility index (Phi) is 6.98. The lowest BCUT2D eigenvalue weighted by Gasteiger charge is -2.10. The van der Waals surface area contributed by atoms with Crippen LogP contribution < -0.4 is 5.73 Å². The van der Waals surface area contributed by atoms with E-state index in [0.717, 1.165) is 12.8 Å². The highest BCUT2D eigenvalue weighted by atomic mass is 16.3. The molecule has 0 amide bonds. The van der Waals surface area contributed by atoms with Crippen molar-refractivity contribution in [1.82, 2.24) is 9.78 Å². The molecule has 0 aliphatic heterocycles. The van der Waals surface area contributed by atoms with E-state index in [-0.39, 0.29) is 5.82 Å². The monoisotopic (exact) mass is 264 g/mol. The Morgan fingerprint density at radius 1 is 1.37 bits per heavy atom. The summed E-state index contributed by atoms with van der Waals surface area (Å²) in [7, 11) is 0. The van der Waals surface area contributed by atoms with Gasteiger partial charge < -0.3 is 10.8 Å². The number of hydrogen-bond acceptors (Lipinski definition) is 4. The molecule has 0 aliphatic carbocycles. The maximum atomic E-state index is 9.89. The molecule has 0 saturated carbocycles. The first kappa shape index (κ1) is 15.5. The maximum absolute atomic E-state index is 9.89. The second-order valence-corrected chi connectivity index (χ2v) is 4.97. The second-order valence-electron chi connectivity index (χ2n) is 4.97. The Labute approximate surface area is 115 Å². The summed E-state index contributed by atoms with van der Waals surface area (Å²) in [6.07, 6.45) is 9.22. The number of nitrogen functional groups attached to an aromatic ring is 1. The maximum Gasteiger partial charge on any atom is 0.163 e. The van der Waals surface area contributed by atoms with Crippen LogP contribution in [0.5, 0.6) is 0 Å². The minimum atomic E-state index is -0.419. The molecule has 3 N–H and O–H groups in total. The Morgan fingerprint density at radius 2 is 2.05 bits per heavy atom. The van der Waals surface area contributed by atoms with Crippen molar-refractivity contribution in [2.45, 2.75) is 64.5 Å². The molecule has 19 heavy (non-hydrogen) atoms. The summed E-state index contributed by atoms with van der Waals surface area (Å²) in [4.78, 5) is 0. The number of nitrogens with two attached hydrogens (primary N) is 1. The van der Waals surface area contributed by atoms with Crippen molar-refractivity contribution in [2.75, 3.05) is 5.73 Å². The lowest BCUT2D eigenvalue weighted by atomic mass is 10.1. The molecule has 1 aromatic rings. The standard InChI is InChI=1S/C14H24N4O/c1-2-3-4-5-6-7-8-13(19)11-18-10-12(9-15)14(16)17-18/h10,13,19H,2-8,11H2,1H3,(H2,16,17)/t13-/m1/s1. The lowest BCUT2D eigenvalue weighted by Crippen LogP contribution is -2.16. The van der Waals surface area contributed by atoms with Gasteiger partial charge in [0.05, 0.1) is 12.6 Å². The van der Waals surface area contributed by atoms with Crippen LogP contribution in [0.3, 0.4) is 0 Å². The molecule has 5 heteroatoms. The molecule has 1 aromatic heterocycles. The molecule has 0 fully saturated rings. The average molecular weight is 264 g/mol. The first-order valence-corrected chi connectivity index (χ1v) is 7.08. The SMILES string of the molecule is CCCCCCCC[C@@H](O)Cn1cc(C#N)c(N)n1. The van der Waals surface area contributed by atoms with Crippen molar-refractivity contribution in [3.63, 3.8) is 0 Å². The fourth-order valence-electron chi connectivity index (χ4n) is 2.08. The van der Waals surface area contributed by atoms with E-state index < -0.39 is 6.10 Å².